The number of benzene rings is 1. The molecule has 6 heteroatoms. The third-order valence-corrected chi connectivity index (χ3v) is 3.79. The number of rotatable bonds is 2. The topological polar surface area (TPSA) is 70.3 Å². The van der Waals surface area contributed by atoms with Crippen LogP contribution in [0.1, 0.15) is 11.1 Å². The van der Waals surface area contributed by atoms with Gasteiger partial charge in [-0.3, -0.25) is 4.18 Å². The van der Waals surface area contributed by atoms with Crippen LogP contribution >= 0.6 is 0 Å². The molecule has 20 heavy (non-hydrogen) atoms. The van der Waals surface area contributed by atoms with Gasteiger partial charge in [0.2, 0.25) is 0 Å². The first kappa shape index (κ1) is 16.1. The molecule has 5 nitrogen and oxygen atoms in total. The Balaban J connectivity index is 0.000000217. The van der Waals surface area contributed by atoms with E-state index in [0.717, 1.165) is 23.0 Å². The fourth-order valence-corrected chi connectivity index (χ4v) is 1.95. The van der Waals surface area contributed by atoms with Gasteiger partial charge in [0.15, 0.2) is 12.4 Å². The molecule has 2 aromatic rings. The van der Waals surface area contributed by atoms with Gasteiger partial charge in [-0.25, -0.2) is 0 Å². The molecule has 0 aliphatic carbocycles. The van der Waals surface area contributed by atoms with Gasteiger partial charge in [0.05, 0.1) is 12.0 Å². The number of hydrogen-bond donors (Lipinski definition) is 0. The molecule has 0 aliphatic rings. The van der Waals surface area contributed by atoms with Crippen LogP contribution in [0.15, 0.2) is 53.7 Å². The van der Waals surface area contributed by atoms with Crippen molar-refractivity contribution in [2.75, 3.05) is 7.11 Å². The summed E-state index contributed by atoms with van der Waals surface area (Å²) < 4.78 is 27.3. The Hall–Kier alpha value is -1.92. The molecular formula is C14H17NO4S. The Morgan fingerprint density at radius 1 is 0.950 bits per heavy atom. The predicted octanol–water partition coefficient (Wildman–Crippen LogP) is 1.96. The fraction of sp³-hybridized carbons (Fsp3) is 0.214. The van der Waals surface area contributed by atoms with Crippen molar-refractivity contribution in [2.24, 2.45) is 0 Å². The molecule has 1 aromatic carbocycles. The zero-order chi connectivity index (χ0) is 15.2. The number of hydrogen-bond acceptors (Lipinski definition) is 4. The Morgan fingerprint density at radius 3 is 1.80 bits per heavy atom. The maximum absolute atomic E-state index is 11.1. The minimum Gasteiger partial charge on any atom is -0.619 e. The molecule has 0 atom stereocenters. The van der Waals surface area contributed by atoms with Crippen LogP contribution in [0.3, 0.4) is 0 Å². The lowest BCUT2D eigenvalue weighted by Gasteiger charge is -2.00. The van der Waals surface area contributed by atoms with Crippen LogP contribution in [0.5, 0.6) is 0 Å². The van der Waals surface area contributed by atoms with E-state index in [2.05, 4.69) is 4.18 Å². The molecule has 0 unspecified atom stereocenters. The molecular weight excluding hydrogens is 278 g/mol. The van der Waals surface area contributed by atoms with Crippen LogP contribution in [-0.4, -0.2) is 15.5 Å². The van der Waals surface area contributed by atoms with E-state index >= 15 is 0 Å². The van der Waals surface area contributed by atoms with E-state index in [1.165, 1.54) is 24.5 Å². The lowest BCUT2D eigenvalue weighted by molar-refractivity contribution is -0.605. The van der Waals surface area contributed by atoms with Gasteiger partial charge in [0.25, 0.3) is 10.1 Å². The van der Waals surface area contributed by atoms with E-state index in [1.54, 1.807) is 24.3 Å². The average Bonchev–Trinajstić information content (AvgIpc) is 2.43. The van der Waals surface area contributed by atoms with Crippen LogP contribution < -0.4 is 4.73 Å². The Bertz CT molecular complexity index is 613. The zero-order valence-electron chi connectivity index (χ0n) is 11.6. The minimum absolute atomic E-state index is 0.190. The summed E-state index contributed by atoms with van der Waals surface area (Å²) in [7, 11) is -2.37. The standard InChI is InChI=1S/C8H10O3S.C6H7NO/c1-7-3-5-8(6-4-7)12(9,10)11-2;1-6-2-4-7(8)5-3-6/h3-6H,1-2H3;2-5H,1H3. The van der Waals surface area contributed by atoms with Crippen molar-refractivity contribution in [3.05, 3.63) is 65.1 Å². The molecule has 0 amide bonds. The van der Waals surface area contributed by atoms with Gasteiger partial charge in [-0.1, -0.05) is 17.7 Å². The summed E-state index contributed by atoms with van der Waals surface area (Å²) in [5.74, 6) is 0. The third kappa shape index (κ3) is 4.99. The number of nitrogens with zero attached hydrogens (tertiary/aromatic N) is 1. The van der Waals surface area contributed by atoms with Gasteiger partial charge in [-0.2, -0.15) is 13.1 Å². The summed E-state index contributed by atoms with van der Waals surface area (Å²) in [4.78, 5) is 0.190. The van der Waals surface area contributed by atoms with Gasteiger partial charge >= 0.3 is 0 Å². The van der Waals surface area contributed by atoms with Crippen molar-refractivity contribution in [3.8, 4) is 0 Å². The summed E-state index contributed by atoms with van der Waals surface area (Å²) in [6.07, 6.45) is 2.96. The maximum atomic E-state index is 11.1. The molecule has 108 valence electrons. The van der Waals surface area contributed by atoms with Crippen LogP contribution in [0.25, 0.3) is 0 Å². The van der Waals surface area contributed by atoms with E-state index in [0.29, 0.717) is 0 Å². The molecule has 0 N–H and O–H groups in total. The maximum Gasteiger partial charge on any atom is 0.296 e. The van der Waals surface area contributed by atoms with Crippen molar-refractivity contribution in [1.29, 1.82) is 0 Å². The highest BCUT2D eigenvalue weighted by Crippen LogP contribution is 2.11. The van der Waals surface area contributed by atoms with Crippen molar-refractivity contribution >= 4 is 10.1 Å². The lowest BCUT2D eigenvalue weighted by atomic mass is 10.2. The Morgan fingerprint density at radius 2 is 1.40 bits per heavy atom. The van der Waals surface area contributed by atoms with Crippen molar-refractivity contribution in [2.45, 2.75) is 18.7 Å². The SMILES string of the molecule is COS(=O)(=O)c1ccc(C)cc1.Cc1cc[n+]([O-])cc1. The van der Waals surface area contributed by atoms with Gasteiger partial charge in [0.1, 0.15) is 0 Å². The van der Waals surface area contributed by atoms with Gasteiger partial charge < -0.3 is 5.21 Å². The first-order chi connectivity index (χ1) is 9.35. The Kier molecular flexibility index (Phi) is 5.66. The van der Waals surface area contributed by atoms with Crippen LogP contribution in [0.4, 0.5) is 0 Å². The molecule has 1 aromatic heterocycles. The fourth-order valence-electron chi connectivity index (χ4n) is 1.29. The Labute approximate surface area is 119 Å². The largest absolute Gasteiger partial charge is 0.619 e. The van der Waals surface area contributed by atoms with Crippen LogP contribution in [0.2, 0.25) is 0 Å². The quantitative estimate of drug-likeness (QED) is 0.482. The van der Waals surface area contributed by atoms with Gasteiger partial charge in [0, 0.05) is 12.1 Å². The number of aryl methyl sites for hydroxylation is 2. The van der Waals surface area contributed by atoms with Crippen molar-refractivity contribution in [3.63, 3.8) is 0 Å². The molecule has 0 aliphatic heterocycles. The second-order valence-electron chi connectivity index (χ2n) is 4.17. The molecule has 0 bridgehead atoms. The second kappa shape index (κ2) is 7.02. The predicted molar refractivity (Wildman–Crippen MR) is 75.5 cm³/mol. The van der Waals surface area contributed by atoms with Crippen molar-refractivity contribution in [1.82, 2.24) is 0 Å². The van der Waals surface area contributed by atoms with Crippen molar-refractivity contribution < 1.29 is 17.3 Å². The smallest absolute Gasteiger partial charge is 0.296 e. The molecule has 0 saturated heterocycles. The van der Waals surface area contributed by atoms with E-state index < -0.39 is 10.1 Å². The third-order valence-electron chi connectivity index (χ3n) is 2.50. The van der Waals surface area contributed by atoms with E-state index in [9.17, 15) is 13.6 Å². The summed E-state index contributed by atoms with van der Waals surface area (Å²) in [5.41, 5.74) is 2.13. The summed E-state index contributed by atoms with van der Waals surface area (Å²) in [5, 5.41) is 10.3. The van der Waals surface area contributed by atoms with Crippen LogP contribution in [0, 0.1) is 19.1 Å². The summed E-state index contributed by atoms with van der Waals surface area (Å²) in [6.45, 7) is 3.84. The highest BCUT2D eigenvalue weighted by molar-refractivity contribution is 7.86. The number of aromatic nitrogens is 1. The molecule has 1 heterocycles. The number of pyridine rings is 1. The zero-order valence-corrected chi connectivity index (χ0v) is 12.4. The highest BCUT2D eigenvalue weighted by atomic mass is 32.2. The van der Waals surface area contributed by atoms with E-state index in [-0.39, 0.29) is 4.90 Å². The monoisotopic (exact) mass is 295 g/mol. The molecule has 0 fully saturated rings. The molecule has 0 saturated carbocycles. The summed E-state index contributed by atoms with van der Waals surface area (Å²) >= 11 is 0. The molecule has 2 rings (SSSR count). The average molecular weight is 295 g/mol. The molecule has 0 radical (unpaired) electrons. The highest BCUT2D eigenvalue weighted by Gasteiger charge is 2.10. The second-order valence-corrected chi connectivity index (χ2v) is 5.88. The minimum atomic E-state index is -3.51. The summed E-state index contributed by atoms with van der Waals surface area (Å²) in [6, 6.07) is 10.0. The van der Waals surface area contributed by atoms with Gasteiger partial charge in [-0.15, -0.1) is 0 Å². The van der Waals surface area contributed by atoms with E-state index in [4.69, 9.17) is 0 Å². The molecule has 0 spiro atoms. The lowest BCUT2D eigenvalue weighted by Crippen LogP contribution is -2.23. The first-order valence-corrected chi connectivity index (χ1v) is 7.28. The first-order valence-electron chi connectivity index (χ1n) is 5.88. The van der Waals surface area contributed by atoms with Crippen LogP contribution in [-0.2, 0) is 14.3 Å². The van der Waals surface area contributed by atoms with E-state index in [1.807, 2.05) is 13.8 Å². The normalized spacial score (nSPS) is 10.6. The van der Waals surface area contributed by atoms with Gasteiger partial charge in [-0.05, 0) is 31.5 Å².